The van der Waals surface area contributed by atoms with Crippen molar-refractivity contribution < 1.29 is 4.79 Å². The van der Waals surface area contributed by atoms with Crippen LogP contribution in [0.15, 0.2) is 53.0 Å². The van der Waals surface area contributed by atoms with Crippen LogP contribution >= 0.6 is 15.9 Å². The third kappa shape index (κ3) is 2.34. The average Bonchev–Trinajstić information content (AvgIpc) is 2.84. The number of H-pyrrole nitrogens is 1. The normalized spacial score (nSPS) is 10.7. The predicted octanol–water partition coefficient (Wildman–Crippen LogP) is 4.36. The standard InChI is InChI=1S/C16H13BrN2O/c17-14-7-3-1-5-11(14)9-18-16-13(10-20)12-6-2-4-8-15(12)19-16/h1-8,10,18-19H,9H2. The molecule has 4 heteroatoms. The van der Waals surface area contributed by atoms with Gasteiger partial charge in [0.1, 0.15) is 5.82 Å². The number of rotatable bonds is 4. The van der Waals surface area contributed by atoms with Gasteiger partial charge in [0, 0.05) is 21.9 Å². The number of aromatic nitrogens is 1. The van der Waals surface area contributed by atoms with E-state index in [-0.39, 0.29) is 0 Å². The third-order valence-corrected chi connectivity index (χ3v) is 4.05. The van der Waals surface area contributed by atoms with E-state index in [2.05, 4.69) is 26.2 Å². The second-order valence-corrected chi connectivity index (χ2v) is 5.38. The minimum Gasteiger partial charge on any atom is -0.367 e. The molecule has 0 fully saturated rings. The first kappa shape index (κ1) is 12.9. The fourth-order valence-corrected chi connectivity index (χ4v) is 2.68. The molecule has 100 valence electrons. The third-order valence-electron chi connectivity index (χ3n) is 3.28. The van der Waals surface area contributed by atoms with Crippen LogP contribution in [-0.4, -0.2) is 11.3 Å². The lowest BCUT2D eigenvalue weighted by atomic mass is 10.2. The van der Waals surface area contributed by atoms with Crippen molar-refractivity contribution in [1.29, 1.82) is 0 Å². The maximum Gasteiger partial charge on any atom is 0.154 e. The molecule has 0 radical (unpaired) electrons. The maximum absolute atomic E-state index is 11.3. The molecule has 3 rings (SSSR count). The number of aromatic amines is 1. The second-order valence-electron chi connectivity index (χ2n) is 4.52. The van der Waals surface area contributed by atoms with E-state index >= 15 is 0 Å². The Morgan fingerprint density at radius 1 is 1.10 bits per heavy atom. The first-order chi connectivity index (χ1) is 9.79. The summed E-state index contributed by atoms with van der Waals surface area (Å²) in [6, 6.07) is 15.8. The van der Waals surface area contributed by atoms with Crippen molar-refractivity contribution in [3.63, 3.8) is 0 Å². The number of carbonyl (C=O) groups is 1. The molecule has 0 saturated carbocycles. The molecule has 0 amide bonds. The molecule has 2 aromatic carbocycles. The molecule has 3 aromatic rings. The highest BCUT2D eigenvalue weighted by Crippen LogP contribution is 2.25. The van der Waals surface area contributed by atoms with Crippen molar-refractivity contribution in [1.82, 2.24) is 4.98 Å². The number of para-hydroxylation sites is 1. The molecule has 0 aliphatic rings. The summed E-state index contributed by atoms with van der Waals surface area (Å²) in [4.78, 5) is 14.6. The number of hydrogen-bond donors (Lipinski definition) is 2. The second kappa shape index (κ2) is 5.51. The van der Waals surface area contributed by atoms with Crippen LogP contribution in [0.25, 0.3) is 10.9 Å². The molecule has 0 aliphatic carbocycles. The number of benzene rings is 2. The van der Waals surface area contributed by atoms with E-state index in [0.29, 0.717) is 12.1 Å². The van der Waals surface area contributed by atoms with Crippen molar-refractivity contribution in [3.05, 3.63) is 64.1 Å². The highest BCUT2D eigenvalue weighted by atomic mass is 79.9. The van der Waals surface area contributed by atoms with E-state index in [4.69, 9.17) is 0 Å². The Balaban J connectivity index is 1.91. The number of fused-ring (bicyclic) bond motifs is 1. The lowest BCUT2D eigenvalue weighted by molar-refractivity contribution is 0.112. The summed E-state index contributed by atoms with van der Waals surface area (Å²) in [5.74, 6) is 0.761. The zero-order valence-corrected chi connectivity index (χ0v) is 12.3. The summed E-state index contributed by atoms with van der Waals surface area (Å²) in [5.41, 5.74) is 2.78. The van der Waals surface area contributed by atoms with Crippen LogP contribution in [0.4, 0.5) is 5.82 Å². The van der Waals surface area contributed by atoms with E-state index in [9.17, 15) is 4.79 Å². The van der Waals surface area contributed by atoms with Crippen molar-refractivity contribution in [3.8, 4) is 0 Å². The van der Waals surface area contributed by atoms with E-state index in [1.54, 1.807) is 0 Å². The number of carbonyl (C=O) groups excluding carboxylic acids is 1. The molecule has 0 spiro atoms. The molecule has 3 nitrogen and oxygen atoms in total. The van der Waals surface area contributed by atoms with E-state index in [0.717, 1.165) is 33.0 Å². The highest BCUT2D eigenvalue weighted by Gasteiger charge is 2.10. The summed E-state index contributed by atoms with van der Waals surface area (Å²) in [7, 11) is 0. The molecule has 0 atom stereocenters. The molecule has 0 saturated heterocycles. The summed E-state index contributed by atoms with van der Waals surface area (Å²) in [5, 5.41) is 4.24. The van der Waals surface area contributed by atoms with E-state index < -0.39 is 0 Å². The Morgan fingerprint density at radius 2 is 1.85 bits per heavy atom. The van der Waals surface area contributed by atoms with Gasteiger partial charge in [-0.15, -0.1) is 0 Å². The molecule has 0 unspecified atom stereocenters. The number of aldehydes is 1. The first-order valence-electron chi connectivity index (χ1n) is 6.33. The molecule has 1 heterocycles. The number of anilines is 1. The van der Waals surface area contributed by atoms with Crippen LogP contribution < -0.4 is 5.32 Å². The van der Waals surface area contributed by atoms with Gasteiger partial charge in [-0.1, -0.05) is 52.3 Å². The smallest absolute Gasteiger partial charge is 0.154 e. The summed E-state index contributed by atoms with van der Waals surface area (Å²) in [6.45, 7) is 0.648. The van der Waals surface area contributed by atoms with Crippen molar-refractivity contribution in [2.45, 2.75) is 6.54 Å². The number of nitrogens with one attached hydrogen (secondary N) is 2. The largest absolute Gasteiger partial charge is 0.367 e. The van der Waals surface area contributed by atoms with Gasteiger partial charge in [-0.2, -0.15) is 0 Å². The topological polar surface area (TPSA) is 44.9 Å². The quantitative estimate of drug-likeness (QED) is 0.699. The Labute approximate surface area is 125 Å². The van der Waals surface area contributed by atoms with Crippen LogP contribution in [0.3, 0.4) is 0 Å². The van der Waals surface area contributed by atoms with Gasteiger partial charge < -0.3 is 10.3 Å². The first-order valence-corrected chi connectivity index (χ1v) is 7.12. The van der Waals surface area contributed by atoms with Gasteiger partial charge in [0.25, 0.3) is 0 Å². The van der Waals surface area contributed by atoms with Crippen LogP contribution in [-0.2, 0) is 6.54 Å². The van der Waals surface area contributed by atoms with E-state index in [1.807, 2.05) is 48.5 Å². The van der Waals surface area contributed by atoms with Crippen molar-refractivity contribution in [2.24, 2.45) is 0 Å². The lowest BCUT2D eigenvalue weighted by Gasteiger charge is -2.07. The molecular formula is C16H13BrN2O. The fraction of sp³-hybridized carbons (Fsp3) is 0.0625. The monoisotopic (exact) mass is 328 g/mol. The van der Waals surface area contributed by atoms with Gasteiger partial charge in [0.15, 0.2) is 6.29 Å². The fourth-order valence-electron chi connectivity index (χ4n) is 2.25. The van der Waals surface area contributed by atoms with Gasteiger partial charge >= 0.3 is 0 Å². The Hall–Kier alpha value is -2.07. The Morgan fingerprint density at radius 3 is 2.65 bits per heavy atom. The van der Waals surface area contributed by atoms with Gasteiger partial charge in [0.05, 0.1) is 5.56 Å². The van der Waals surface area contributed by atoms with Crippen LogP contribution in [0.1, 0.15) is 15.9 Å². The number of halogens is 1. The molecule has 0 aliphatic heterocycles. The predicted molar refractivity (Wildman–Crippen MR) is 85.2 cm³/mol. The number of hydrogen-bond acceptors (Lipinski definition) is 2. The van der Waals surface area contributed by atoms with E-state index in [1.165, 1.54) is 0 Å². The van der Waals surface area contributed by atoms with Crippen LogP contribution in [0.2, 0.25) is 0 Å². The molecule has 20 heavy (non-hydrogen) atoms. The van der Waals surface area contributed by atoms with Gasteiger partial charge in [-0.05, 0) is 17.7 Å². The molecule has 2 N–H and O–H groups in total. The lowest BCUT2D eigenvalue weighted by Crippen LogP contribution is -2.02. The zero-order chi connectivity index (χ0) is 13.9. The maximum atomic E-state index is 11.3. The van der Waals surface area contributed by atoms with Crippen molar-refractivity contribution >= 4 is 38.9 Å². The van der Waals surface area contributed by atoms with Gasteiger partial charge in [-0.25, -0.2) is 0 Å². The van der Waals surface area contributed by atoms with Crippen LogP contribution in [0.5, 0.6) is 0 Å². The zero-order valence-electron chi connectivity index (χ0n) is 10.7. The molecular weight excluding hydrogens is 316 g/mol. The van der Waals surface area contributed by atoms with Crippen LogP contribution in [0, 0.1) is 0 Å². The highest BCUT2D eigenvalue weighted by molar-refractivity contribution is 9.10. The summed E-state index contributed by atoms with van der Waals surface area (Å²) < 4.78 is 1.05. The summed E-state index contributed by atoms with van der Waals surface area (Å²) in [6.07, 6.45) is 0.890. The average molecular weight is 329 g/mol. The molecule has 1 aromatic heterocycles. The molecule has 0 bridgehead atoms. The minimum absolute atomic E-state index is 0.648. The Kier molecular flexibility index (Phi) is 3.56. The summed E-state index contributed by atoms with van der Waals surface area (Å²) >= 11 is 3.52. The van der Waals surface area contributed by atoms with Gasteiger partial charge in [0.2, 0.25) is 0 Å². The van der Waals surface area contributed by atoms with Gasteiger partial charge in [-0.3, -0.25) is 4.79 Å². The minimum atomic E-state index is 0.648. The van der Waals surface area contributed by atoms with Crippen molar-refractivity contribution in [2.75, 3.05) is 5.32 Å². The Bertz CT molecular complexity index is 764. The SMILES string of the molecule is O=Cc1c(NCc2ccccc2Br)[nH]c2ccccc12.